The topological polar surface area (TPSA) is 80.3 Å². The summed E-state index contributed by atoms with van der Waals surface area (Å²) in [5.74, 6) is 0. The first-order valence-corrected chi connectivity index (χ1v) is 5.68. The van der Waals surface area contributed by atoms with Crippen molar-refractivity contribution in [1.82, 2.24) is 0 Å². The van der Waals surface area contributed by atoms with Crippen molar-refractivity contribution in [3.05, 3.63) is 48.0 Å². The fourth-order valence-electron chi connectivity index (χ4n) is 1.35. The van der Waals surface area contributed by atoms with Crippen LogP contribution in [0.3, 0.4) is 0 Å². The maximum Gasteiger partial charge on any atom is 2.00 e. The zero-order valence-corrected chi connectivity index (χ0v) is 11.4. The van der Waals surface area contributed by atoms with Gasteiger partial charge in [-0.3, -0.25) is 4.79 Å². The van der Waals surface area contributed by atoms with Gasteiger partial charge < -0.3 is 14.1 Å². The quantitative estimate of drug-likeness (QED) is 0.504. The summed E-state index contributed by atoms with van der Waals surface area (Å²) in [6, 6.07) is 13.6. The van der Waals surface area contributed by atoms with E-state index in [4.69, 9.17) is 14.1 Å². The van der Waals surface area contributed by atoms with Crippen molar-refractivity contribution < 1.29 is 18.8 Å². The minimum Gasteiger partial charge on any atom is -0.672 e. The number of hydrogen-bond donors (Lipinski definition) is 0. The normalized spacial score (nSPS) is 8.47. The maximum absolute atomic E-state index is 10.6. The molecule has 0 aliphatic heterocycles. The average Bonchev–Trinajstić information content (AvgIpc) is 2.27. The van der Waals surface area contributed by atoms with Crippen LogP contribution in [0.5, 0.6) is 0 Å². The van der Waals surface area contributed by atoms with Gasteiger partial charge in [0.1, 0.15) is 0 Å². The molecule has 0 atom stereocenters. The molecular formula is C11H8MgO4Si. The van der Waals surface area contributed by atoms with Crippen LogP contribution in [0.15, 0.2) is 42.5 Å². The molecule has 0 amide bonds. The summed E-state index contributed by atoms with van der Waals surface area (Å²) in [5, 5.41) is 2.14. The summed E-state index contributed by atoms with van der Waals surface area (Å²) in [6.45, 7) is 0. The van der Waals surface area contributed by atoms with Crippen LogP contribution in [0.4, 0.5) is 0 Å². The SMILES string of the molecule is O=Cc1cccc2ccccc12.O=[Si]([O-])[O-].[Mg+2]. The van der Waals surface area contributed by atoms with E-state index < -0.39 is 9.17 Å². The van der Waals surface area contributed by atoms with Crippen molar-refractivity contribution in [2.75, 3.05) is 0 Å². The summed E-state index contributed by atoms with van der Waals surface area (Å²) in [5.41, 5.74) is 0.758. The van der Waals surface area contributed by atoms with Crippen LogP contribution >= 0.6 is 0 Å². The Balaban J connectivity index is 0.000000453. The van der Waals surface area contributed by atoms with Gasteiger partial charge in [0.25, 0.3) is 0 Å². The number of benzene rings is 2. The van der Waals surface area contributed by atoms with Gasteiger partial charge in [0.2, 0.25) is 0 Å². The van der Waals surface area contributed by atoms with Crippen LogP contribution in [0.2, 0.25) is 0 Å². The van der Waals surface area contributed by atoms with Crippen LogP contribution in [-0.2, 0) is 4.46 Å². The van der Waals surface area contributed by atoms with Gasteiger partial charge in [-0.1, -0.05) is 42.5 Å². The van der Waals surface area contributed by atoms with Gasteiger partial charge in [0.05, 0.1) is 0 Å². The van der Waals surface area contributed by atoms with Crippen LogP contribution in [-0.4, -0.2) is 38.5 Å². The Morgan fingerprint density at radius 1 is 1.00 bits per heavy atom. The molecule has 0 unspecified atom stereocenters. The average molecular weight is 257 g/mol. The molecule has 2 aromatic carbocycles. The predicted octanol–water partition coefficient (Wildman–Crippen LogP) is -0.606. The van der Waals surface area contributed by atoms with E-state index in [1.54, 1.807) is 0 Å². The van der Waals surface area contributed by atoms with Crippen molar-refractivity contribution in [3.63, 3.8) is 0 Å². The van der Waals surface area contributed by atoms with Gasteiger partial charge in [-0.15, -0.1) is 0 Å². The van der Waals surface area contributed by atoms with Crippen molar-refractivity contribution in [2.24, 2.45) is 0 Å². The second-order valence-electron chi connectivity index (χ2n) is 2.94. The molecule has 4 nitrogen and oxygen atoms in total. The molecule has 6 heteroatoms. The molecule has 2 rings (SSSR count). The Hall–Kier alpha value is -1.25. The molecule has 17 heavy (non-hydrogen) atoms. The molecule has 0 spiro atoms. The minimum absolute atomic E-state index is 0. The molecule has 0 aromatic heterocycles. The Bertz CT molecular complexity index is 506. The number of hydrogen-bond acceptors (Lipinski definition) is 4. The first kappa shape index (κ1) is 15.8. The standard InChI is InChI=1S/C11H8O.Mg.O3Si/c12-8-10-6-3-5-9-4-1-2-7-11(9)10;;1-4(2)3/h1-8H;;/q;+2;-2. The monoisotopic (exact) mass is 256 g/mol. The summed E-state index contributed by atoms with van der Waals surface area (Å²) < 4.78 is 8.52. The predicted molar refractivity (Wildman–Crippen MR) is 61.5 cm³/mol. The molecule has 0 fully saturated rings. The molecule has 0 saturated carbocycles. The van der Waals surface area contributed by atoms with Gasteiger partial charge in [0, 0.05) is 14.7 Å². The third kappa shape index (κ3) is 5.07. The fourth-order valence-corrected chi connectivity index (χ4v) is 1.35. The van der Waals surface area contributed by atoms with Gasteiger partial charge in [0.15, 0.2) is 6.29 Å². The summed E-state index contributed by atoms with van der Waals surface area (Å²) >= 11 is 0. The van der Waals surface area contributed by atoms with Crippen molar-refractivity contribution in [2.45, 2.75) is 0 Å². The first-order chi connectivity index (χ1) is 7.65. The molecule has 0 heterocycles. The smallest absolute Gasteiger partial charge is 0.672 e. The zero-order valence-electron chi connectivity index (χ0n) is 8.96. The van der Waals surface area contributed by atoms with E-state index in [1.165, 1.54) is 0 Å². The third-order valence-electron chi connectivity index (χ3n) is 1.95. The number of rotatable bonds is 1. The number of carbonyl (C=O) groups excluding carboxylic acids is 1. The van der Waals surface area contributed by atoms with Crippen LogP contribution in [0, 0.1) is 0 Å². The molecule has 0 saturated heterocycles. The minimum atomic E-state index is -3.63. The van der Waals surface area contributed by atoms with E-state index in [0.717, 1.165) is 22.6 Å². The molecule has 2 aromatic rings. The largest absolute Gasteiger partial charge is 2.00 e. The second kappa shape index (κ2) is 7.93. The van der Waals surface area contributed by atoms with Gasteiger partial charge in [-0.2, -0.15) is 0 Å². The Labute approximate surface area is 116 Å². The van der Waals surface area contributed by atoms with Crippen LogP contribution in [0.1, 0.15) is 10.4 Å². The van der Waals surface area contributed by atoms with Gasteiger partial charge in [-0.05, 0) is 10.8 Å². The summed E-state index contributed by atoms with van der Waals surface area (Å²) in [7, 11) is -3.63. The molecule has 0 N–H and O–H groups in total. The molecular weight excluding hydrogens is 249 g/mol. The first-order valence-electron chi connectivity index (χ1n) is 4.46. The van der Waals surface area contributed by atoms with E-state index >= 15 is 0 Å². The number of carbonyl (C=O) groups is 1. The van der Waals surface area contributed by atoms with Crippen molar-refractivity contribution >= 4 is 49.3 Å². The summed E-state index contributed by atoms with van der Waals surface area (Å²) in [6.07, 6.45) is 0.891. The van der Waals surface area contributed by atoms with E-state index in [-0.39, 0.29) is 23.1 Å². The Morgan fingerprint density at radius 3 is 2.12 bits per heavy atom. The van der Waals surface area contributed by atoms with Crippen molar-refractivity contribution in [3.8, 4) is 0 Å². The molecule has 0 bridgehead atoms. The number of fused-ring (bicyclic) bond motifs is 1. The van der Waals surface area contributed by atoms with E-state index in [1.807, 2.05) is 42.5 Å². The van der Waals surface area contributed by atoms with Crippen molar-refractivity contribution in [1.29, 1.82) is 0 Å². The molecule has 0 aliphatic rings. The van der Waals surface area contributed by atoms with E-state index in [0.29, 0.717) is 0 Å². The molecule has 0 radical (unpaired) electrons. The Kier molecular flexibility index (Phi) is 7.35. The fraction of sp³-hybridized carbons (Fsp3) is 0. The van der Waals surface area contributed by atoms with E-state index in [2.05, 4.69) is 0 Å². The van der Waals surface area contributed by atoms with Crippen LogP contribution < -0.4 is 9.59 Å². The maximum atomic E-state index is 10.6. The number of aldehydes is 1. The third-order valence-corrected chi connectivity index (χ3v) is 1.95. The molecule has 82 valence electrons. The molecule has 0 aliphatic carbocycles. The zero-order chi connectivity index (χ0) is 12.0. The van der Waals surface area contributed by atoms with E-state index in [9.17, 15) is 4.79 Å². The van der Waals surface area contributed by atoms with Gasteiger partial charge >= 0.3 is 23.1 Å². The Morgan fingerprint density at radius 2 is 1.53 bits per heavy atom. The summed E-state index contributed by atoms with van der Waals surface area (Å²) in [4.78, 5) is 27.7. The second-order valence-corrected chi connectivity index (χ2v) is 3.44. The van der Waals surface area contributed by atoms with Gasteiger partial charge in [-0.25, -0.2) is 0 Å². The van der Waals surface area contributed by atoms with Crippen LogP contribution in [0.25, 0.3) is 10.8 Å².